The van der Waals surface area contributed by atoms with Crippen LogP contribution in [0.2, 0.25) is 0 Å². The Bertz CT molecular complexity index is 1170. The summed E-state index contributed by atoms with van der Waals surface area (Å²) in [5.41, 5.74) is 2.17. The van der Waals surface area contributed by atoms with E-state index in [1.165, 1.54) is 4.31 Å². The first-order valence-corrected chi connectivity index (χ1v) is 10.5. The summed E-state index contributed by atoms with van der Waals surface area (Å²) in [6.07, 6.45) is 3.59. The summed E-state index contributed by atoms with van der Waals surface area (Å²) in [5.74, 6) is 0. The van der Waals surface area contributed by atoms with E-state index in [2.05, 4.69) is 20.9 Å². The van der Waals surface area contributed by atoms with Crippen LogP contribution in [0.15, 0.2) is 94.6 Å². The Morgan fingerprint density at radius 1 is 0.926 bits per heavy atom. The van der Waals surface area contributed by atoms with Crippen molar-refractivity contribution < 1.29 is 8.42 Å². The summed E-state index contributed by atoms with van der Waals surface area (Å²) < 4.78 is 30.9. The van der Waals surface area contributed by atoms with Crippen molar-refractivity contribution in [2.75, 3.05) is 4.31 Å². The maximum atomic E-state index is 13.4. The van der Waals surface area contributed by atoms with Crippen molar-refractivity contribution in [3.05, 3.63) is 95.4 Å². The van der Waals surface area contributed by atoms with Gasteiger partial charge in [-0.25, -0.2) is 13.4 Å². The highest BCUT2D eigenvalue weighted by molar-refractivity contribution is 9.10. The Morgan fingerprint density at radius 2 is 1.63 bits per heavy atom. The van der Waals surface area contributed by atoms with E-state index >= 15 is 0 Å². The molecule has 0 spiro atoms. The molecule has 27 heavy (non-hydrogen) atoms. The molecule has 2 aromatic heterocycles. The number of pyridine rings is 1. The number of benzene rings is 2. The standard InChI is InChI=1S/C20H16BrN3O2S/c21-16-9-11-19(12-10-16)27(25,26)24(17-6-2-1-3-7-17)15-18-14-22-20-8-4-5-13-23(18)20/h1-14H,15H2. The zero-order valence-electron chi connectivity index (χ0n) is 14.2. The van der Waals surface area contributed by atoms with Gasteiger partial charge >= 0.3 is 0 Å². The number of nitrogens with zero attached hydrogens (tertiary/aromatic N) is 3. The molecule has 2 aromatic carbocycles. The molecule has 4 rings (SSSR count). The number of imidazole rings is 1. The van der Waals surface area contributed by atoms with Gasteiger partial charge in [0, 0.05) is 10.7 Å². The SMILES string of the molecule is O=S(=O)(c1ccc(Br)cc1)N(Cc1cnc2ccccn12)c1ccccc1. The fraction of sp³-hybridized carbons (Fsp3) is 0.0500. The van der Waals surface area contributed by atoms with Gasteiger partial charge in [-0.3, -0.25) is 4.31 Å². The average molecular weight is 442 g/mol. The lowest BCUT2D eigenvalue weighted by Crippen LogP contribution is -2.31. The van der Waals surface area contributed by atoms with Crippen molar-refractivity contribution in [2.24, 2.45) is 0 Å². The molecule has 0 saturated heterocycles. The minimum atomic E-state index is -3.74. The highest BCUT2D eigenvalue weighted by Gasteiger charge is 2.26. The van der Waals surface area contributed by atoms with Crippen LogP contribution in [0.4, 0.5) is 5.69 Å². The number of hydrogen-bond acceptors (Lipinski definition) is 3. The number of aromatic nitrogens is 2. The quantitative estimate of drug-likeness (QED) is 0.458. The normalized spacial score (nSPS) is 11.6. The van der Waals surface area contributed by atoms with Crippen molar-refractivity contribution >= 4 is 37.3 Å². The minimum absolute atomic E-state index is 0.174. The third-order valence-corrected chi connectivity index (χ3v) is 6.56. The molecule has 7 heteroatoms. The van der Waals surface area contributed by atoms with Gasteiger partial charge in [-0.15, -0.1) is 0 Å². The van der Waals surface area contributed by atoms with Crippen molar-refractivity contribution in [3.8, 4) is 0 Å². The Hall–Kier alpha value is -2.64. The monoisotopic (exact) mass is 441 g/mol. The molecule has 5 nitrogen and oxygen atoms in total. The maximum absolute atomic E-state index is 13.4. The average Bonchev–Trinajstić information content (AvgIpc) is 3.10. The molecular formula is C20H16BrN3O2S. The van der Waals surface area contributed by atoms with Gasteiger partial charge in [0.2, 0.25) is 0 Å². The number of sulfonamides is 1. The molecular weight excluding hydrogens is 426 g/mol. The van der Waals surface area contributed by atoms with E-state index < -0.39 is 10.0 Å². The molecule has 0 unspecified atom stereocenters. The number of halogens is 1. The maximum Gasteiger partial charge on any atom is 0.264 e. The second-order valence-corrected chi connectivity index (χ2v) is 8.76. The topological polar surface area (TPSA) is 54.7 Å². The third-order valence-electron chi connectivity index (χ3n) is 4.25. The summed E-state index contributed by atoms with van der Waals surface area (Å²) in [6.45, 7) is 0.174. The van der Waals surface area contributed by atoms with E-state index in [1.807, 2.05) is 47.0 Å². The zero-order valence-corrected chi connectivity index (χ0v) is 16.6. The Labute approximate surface area is 166 Å². The van der Waals surface area contributed by atoms with Crippen LogP contribution >= 0.6 is 15.9 Å². The van der Waals surface area contributed by atoms with E-state index in [-0.39, 0.29) is 11.4 Å². The first-order chi connectivity index (χ1) is 13.1. The van der Waals surface area contributed by atoms with Gasteiger partial charge in [-0.05, 0) is 48.5 Å². The Morgan fingerprint density at radius 3 is 2.37 bits per heavy atom. The number of rotatable bonds is 5. The molecule has 0 saturated carbocycles. The highest BCUT2D eigenvalue weighted by Crippen LogP contribution is 2.27. The van der Waals surface area contributed by atoms with Crippen LogP contribution in [0.1, 0.15) is 5.69 Å². The number of fused-ring (bicyclic) bond motifs is 1. The molecule has 0 radical (unpaired) electrons. The number of anilines is 1. The lowest BCUT2D eigenvalue weighted by Gasteiger charge is -2.24. The second-order valence-electron chi connectivity index (χ2n) is 5.98. The first kappa shape index (κ1) is 17.8. The molecule has 4 aromatic rings. The lowest BCUT2D eigenvalue weighted by atomic mass is 10.3. The van der Waals surface area contributed by atoms with Crippen LogP contribution in [0, 0.1) is 0 Å². The summed E-state index contributed by atoms with van der Waals surface area (Å²) in [6, 6.07) is 21.4. The fourth-order valence-electron chi connectivity index (χ4n) is 2.89. The molecule has 0 aliphatic heterocycles. The van der Waals surface area contributed by atoms with Gasteiger partial charge in [0.15, 0.2) is 0 Å². The zero-order chi connectivity index (χ0) is 18.9. The van der Waals surface area contributed by atoms with E-state index in [1.54, 1.807) is 42.6 Å². The third kappa shape index (κ3) is 3.48. The van der Waals surface area contributed by atoms with E-state index in [9.17, 15) is 8.42 Å². The number of hydrogen-bond donors (Lipinski definition) is 0. The Kier molecular flexibility index (Phi) is 4.72. The summed E-state index contributed by atoms with van der Waals surface area (Å²) in [4.78, 5) is 4.61. The highest BCUT2D eigenvalue weighted by atomic mass is 79.9. The molecule has 0 N–H and O–H groups in total. The van der Waals surface area contributed by atoms with E-state index in [4.69, 9.17) is 0 Å². The lowest BCUT2D eigenvalue weighted by molar-refractivity contribution is 0.589. The molecule has 0 amide bonds. The largest absolute Gasteiger partial charge is 0.302 e. The minimum Gasteiger partial charge on any atom is -0.302 e. The first-order valence-electron chi connectivity index (χ1n) is 8.30. The van der Waals surface area contributed by atoms with Crippen molar-refractivity contribution in [1.29, 1.82) is 0 Å². The molecule has 0 aliphatic rings. The van der Waals surface area contributed by atoms with Gasteiger partial charge in [-0.2, -0.15) is 0 Å². The van der Waals surface area contributed by atoms with Crippen molar-refractivity contribution in [1.82, 2.24) is 9.38 Å². The van der Waals surface area contributed by atoms with Crippen LogP contribution < -0.4 is 4.31 Å². The molecule has 0 fully saturated rings. The molecule has 0 bridgehead atoms. The number of para-hydroxylation sites is 1. The molecule has 0 atom stereocenters. The van der Waals surface area contributed by atoms with E-state index in [0.717, 1.165) is 15.8 Å². The second kappa shape index (κ2) is 7.17. The smallest absolute Gasteiger partial charge is 0.264 e. The predicted octanol–water partition coefficient (Wildman–Crippen LogP) is 4.49. The van der Waals surface area contributed by atoms with Crippen molar-refractivity contribution in [2.45, 2.75) is 11.4 Å². The fourth-order valence-corrected chi connectivity index (χ4v) is 4.59. The van der Waals surface area contributed by atoms with E-state index in [0.29, 0.717) is 5.69 Å². The van der Waals surface area contributed by atoms with Gasteiger partial charge in [0.05, 0.1) is 29.0 Å². The molecule has 0 aliphatic carbocycles. The van der Waals surface area contributed by atoms with Gasteiger partial charge in [0.25, 0.3) is 10.0 Å². The van der Waals surface area contributed by atoms with Crippen molar-refractivity contribution in [3.63, 3.8) is 0 Å². The van der Waals surface area contributed by atoms with Gasteiger partial charge in [-0.1, -0.05) is 40.2 Å². The van der Waals surface area contributed by atoms with Crippen LogP contribution in [0.5, 0.6) is 0 Å². The summed E-state index contributed by atoms with van der Waals surface area (Å²) in [5, 5.41) is 0. The molecule has 2 heterocycles. The van der Waals surface area contributed by atoms with Crippen LogP contribution in [-0.4, -0.2) is 17.8 Å². The van der Waals surface area contributed by atoms with Crippen LogP contribution in [0.3, 0.4) is 0 Å². The summed E-state index contributed by atoms with van der Waals surface area (Å²) >= 11 is 3.35. The van der Waals surface area contributed by atoms with Crippen LogP contribution in [0.25, 0.3) is 5.65 Å². The summed E-state index contributed by atoms with van der Waals surface area (Å²) in [7, 11) is -3.74. The predicted molar refractivity (Wildman–Crippen MR) is 109 cm³/mol. The Balaban J connectivity index is 1.81. The van der Waals surface area contributed by atoms with Gasteiger partial charge < -0.3 is 4.40 Å². The van der Waals surface area contributed by atoms with Gasteiger partial charge in [0.1, 0.15) is 5.65 Å². The van der Waals surface area contributed by atoms with Crippen LogP contribution in [-0.2, 0) is 16.6 Å². The molecule has 136 valence electrons.